The van der Waals surface area contributed by atoms with Gasteiger partial charge in [0.25, 0.3) is 5.91 Å². The van der Waals surface area contributed by atoms with E-state index in [0.29, 0.717) is 11.3 Å². The molecular weight excluding hydrogens is 262 g/mol. The molecule has 5 nitrogen and oxygen atoms in total. The molecular formula is C13H17N3O2S. The van der Waals surface area contributed by atoms with Gasteiger partial charge in [-0.2, -0.15) is 0 Å². The quantitative estimate of drug-likeness (QED) is 0.866. The summed E-state index contributed by atoms with van der Waals surface area (Å²) >= 11 is 1.69. The van der Waals surface area contributed by atoms with Crippen LogP contribution in [-0.4, -0.2) is 48.5 Å². The summed E-state index contributed by atoms with van der Waals surface area (Å²) < 4.78 is 0. The van der Waals surface area contributed by atoms with E-state index in [0.717, 1.165) is 11.6 Å². The summed E-state index contributed by atoms with van der Waals surface area (Å²) in [5.41, 5.74) is 1.07. The number of anilines is 1. The number of benzene rings is 1. The Labute approximate surface area is 116 Å². The Bertz CT molecular complexity index is 485. The van der Waals surface area contributed by atoms with Gasteiger partial charge < -0.3 is 10.2 Å². The van der Waals surface area contributed by atoms with E-state index in [9.17, 15) is 9.59 Å². The standard InChI is InChI=1S/C13H17N3O2S/c1-16(2)13(18)9-5-3-4-6-10(9)15-12(17)11-7-19-8-14-11/h3-6,11,14H,7-8H2,1-2H3,(H,15,17). The van der Waals surface area contributed by atoms with Crippen LogP contribution in [0.1, 0.15) is 10.4 Å². The van der Waals surface area contributed by atoms with Crippen molar-refractivity contribution in [3.05, 3.63) is 29.8 Å². The highest BCUT2D eigenvalue weighted by molar-refractivity contribution is 7.99. The second-order valence-corrected chi connectivity index (χ2v) is 5.54. The highest BCUT2D eigenvalue weighted by atomic mass is 32.2. The Hall–Kier alpha value is -1.53. The smallest absolute Gasteiger partial charge is 0.255 e. The van der Waals surface area contributed by atoms with Crippen molar-refractivity contribution in [3.8, 4) is 0 Å². The number of rotatable bonds is 3. The van der Waals surface area contributed by atoms with E-state index < -0.39 is 0 Å². The third kappa shape index (κ3) is 3.27. The van der Waals surface area contributed by atoms with Crippen LogP contribution in [0.15, 0.2) is 24.3 Å². The van der Waals surface area contributed by atoms with E-state index in [1.807, 2.05) is 0 Å². The molecule has 0 saturated carbocycles. The van der Waals surface area contributed by atoms with Gasteiger partial charge in [0.2, 0.25) is 5.91 Å². The van der Waals surface area contributed by atoms with Gasteiger partial charge in [-0.3, -0.25) is 14.9 Å². The predicted octanol–water partition coefficient (Wildman–Crippen LogP) is 0.989. The van der Waals surface area contributed by atoms with Gasteiger partial charge in [-0.15, -0.1) is 11.8 Å². The first-order valence-electron chi connectivity index (χ1n) is 6.02. The van der Waals surface area contributed by atoms with Crippen molar-refractivity contribution in [2.75, 3.05) is 31.0 Å². The predicted molar refractivity (Wildman–Crippen MR) is 77.3 cm³/mol. The average molecular weight is 279 g/mol. The maximum Gasteiger partial charge on any atom is 0.255 e. The maximum absolute atomic E-state index is 12.0. The minimum absolute atomic E-state index is 0.0935. The maximum atomic E-state index is 12.0. The van der Waals surface area contributed by atoms with Crippen molar-refractivity contribution in [3.63, 3.8) is 0 Å². The molecule has 0 aromatic heterocycles. The Balaban J connectivity index is 2.15. The van der Waals surface area contributed by atoms with Crippen molar-refractivity contribution in [1.29, 1.82) is 0 Å². The summed E-state index contributed by atoms with van der Waals surface area (Å²) in [5.74, 6) is 1.33. The molecule has 1 aliphatic rings. The number of amides is 2. The number of hydrogen-bond donors (Lipinski definition) is 2. The van der Waals surface area contributed by atoms with Gasteiger partial charge in [0.15, 0.2) is 0 Å². The summed E-state index contributed by atoms with van der Waals surface area (Å²) in [7, 11) is 3.38. The zero-order valence-electron chi connectivity index (χ0n) is 11.0. The van der Waals surface area contributed by atoms with Crippen molar-refractivity contribution < 1.29 is 9.59 Å². The van der Waals surface area contributed by atoms with Crippen LogP contribution in [-0.2, 0) is 4.79 Å². The summed E-state index contributed by atoms with van der Waals surface area (Å²) in [4.78, 5) is 25.6. The fraction of sp³-hybridized carbons (Fsp3) is 0.385. The molecule has 0 radical (unpaired) electrons. The second-order valence-electron chi connectivity index (χ2n) is 4.51. The normalized spacial score (nSPS) is 18.1. The number of hydrogen-bond acceptors (Lipinski definition) is 4. The molecule has 1 aliphatic heterocycles. The SMILES string of the molecule is CN(C)C(=O)c1ccccc1NC(=O)C1CSCN1. The molecule has 0 aliphatic carbocycles. The number of carbonyl (C=O) groups excluding carboxylic acids is 2. The van der Waals surface area contributed by atoms with Crippen LogP contribution >= 0.6 is 11.8 Å². The van der Waals surface area contributed by atoms with Gasteiger partial charge in [-0.25, -0.2) is 0 Å². The zero-order valence-corrected chi connectivity index (χ0v) is 11.8. The number of thioether (sulfide) groups is 1. The molecule has 0 spiro atoms. The van der Waals surface area contributed by atoms with E-state index in [4.69, 9.17) is 0 Å². The van der Waals surface area contributed by atoms with Crippen molar-refractivity contribution >= 4 is 29.3 Å². The second kappa shape index (κ2) is 6.08. The fourth-order valence-electron chi connectivity index (χ4n) is 1.80. The van der Waals surface area contributed by atoms with Crippen LogP contribution in [0.25, 0.3) is 0 Å². The molecule has 102 valence electrons. The number of nitrogens with zero attached hydrogens (tertiary/aromatic N) is 1. The average Bonchev–Trinajstić information content (AvgIpc) is 2.92. The minimum atomic E-state index is -0.187. The van der Waals surface area contributed by atoms with E-state index in [2.05, 4.69) is 10.6 Å². The van der Waals surface area contributed by atoms with Gasteiger partial charge in [-0.05, 0) is 12.1 Å². The zero-order chi connectivity index (χ0) is 13.8. The molecule has 1 saturated heterocycles. The summed E-state index contributed by atoms with van der Waals surface area (Å²) in [6.45, 7) is 0. The third-order valence-corrected chi connectivity index (χ3v) is 3.79. The molecule has 1 aromatic rings. The number of para-hydroxylation sites is 1. The first-order valence-corrected chi connectivity index (χ1v) is 7.17. The van der Waals surface area contributed by atoms with Crippen LogP contribution in [0.5, 0.6) is 0 Å². The molecule has 19 heavy (non-hydrogen) atoms. The van der Waals surface area contributed by atoms with Gasteiger partial charge in [0, 0.05) is 25.7 Å². The molecule has 0 bridgehead atoms. The largest absolute Gasteiger partial charge is 0.345 e. The van der Waals surface area contributed by atoms with Gasteiger partial charge in [-0.1, -0.05) is 12.1 Å². The molecule has 1 heterocycles. The van der Waals surface area contributed by atoms with Gasteiger partial charge >= 0.3 is 0 Å². The molecule has 1 atom stereocenters. The molecule has 2 rings (SSSR count). The molecule has 1 unspecified atom stereocenters. The highest BCUT2D eigenvalue weighted by Crippen LogP contribution is 2.18. The molecule has 2 amide bonds. The van der Waals surface area contributed by atoms with E-state index >= 15 is 0 Å². The topological polar surface area (TPSA) is 61.4 Å². The van der Waals surface area contributed by atoms with Crippen LogP contribution < -0.4 is 10.6 Å². The Kier molecular flexibility index (Phi) is 4.44. The number of carbonyl (C=O) groups is 2. The molecule has 6 heteroatoms. The lowest BCUT2D eigenvalue weighted by molar-refractivity contribution is -0.117. The van der Waals surface area contributed by atoms with Crippen LogP contribution in [0.4, 0.5) is 5.69 Å². The fourth-order valence-corrected chi connectivity index (χ4v) is 2.74. The monoisotopic (exact) mass is 279 g/mol. The first kappa shape index (κ1) is 13.9. The van der Waals surface area contributed by atoms with Crippen LogP contribution in [0.3, 0.4) is 0 Å². The first-order chi connectivity index (χ1) is 9.09. The highest BCUT2D eigenvalue weighted by Gasteiger charge is 2.23. The summed E-state index contributed by atoms with van der Waals surface area (Å²) in [5, 5.41) is 5.93. The Morgan fingerprint density at radius 2 is 2.11 bits per heavy atom. The Morgan fingerprint density at radius 1 is 1.37 bits per heavy atom. The lowest BCUT2D eigenvalue weighted by Gasteiger charge is -2.16. The molecule has 1 fully saturated rings. The third-order valence-electron chi connectivity index (χ3n) is 2.85. The van der Waals surface area contributed by atoms with Crippen LogP contribution in [0, 0.1) is 0 Å². The lowest BCUT2D eigenvalue weighted by Crippen LogP contribution is -2.38. The Morgan fingerprint density at radius 3 is 2.74 bits per heavy atom. The lowest BCUT2D eigenvalue weighted by atomic mass is 10.1. The van der Waals surface area contributed by atoms with Crippen molar-refractivity contribution in [2.24, 2.45) is 0 Å². The van der Waals surface area contributed by atoms with E-state index in [1.54, 1.807) is 50.1 Å². The minimum Gasteiger partial charge on any atom is -0.345 e. The molecule has 2 N–H and O–H groups in total. The number of nitrogens with one attached hydrogen (secondary N) is 2. The van der Waals surface area contributed by atoms with Crippen molar-refractivity contribution in [1.82, 2.24) is 10.2 Å². The van der Waals surface area contributed by atoms with E-state index in [1.165, 1.54) is 4.90 Å². The van der Waals surface area contributed by atoms with Gasteiger partial charge in [0.05, 0.1) is 17.3 Å². The summed E-state index contributed by atoms with van der Waals surface area (Å²) in [6.07, 6.45) is 0. The summed E-state index contributed by atoms with van der Waals surface area (Å²) in [6, 6.07) is 6.87. The van der Waals surface area contributed by atoms with Crippen molar-refractivity contribution in [2.45, 2.75) is 6.04 Å². The van der Waals surface area contributed by atoms with Crippen LogP contribution in [0.2, 0.25) is 0 Å². The van der Waals surface area contributed by atoms with E-state index in [-0.39, 0.29) is 17.9 Å². The molecule has 1 aromatic carbocycles. The van der Waals surface area contributed by atoms with Gasteiger partial charge in [0.1, 0.15) is 0 Å².